The predicted molar refractivity (Wildman–Crippen MR) is 104 cm³/mol. The average molecular weight is 365 g/mol. The molecular weight excluding hydrogens is 345 g/mol. The van der Waals surface area contributed by atoms with Crippen LogP contribution in [0.15, 0.2) is 66.7 Å². The number of amides is 1. The fraction of sp³-hybridized carbons (Fsp3) is 0.136. The molecule has 1 unspecified atom stereocenters. The topological polar surface area (TPSA) is 58.6 Å². The van der Waals surface area contributed by atoms with Gasteiger partial charge in [-0.3, -0.25) is 4.79 Å². The smallest absolute Gasteiger partial charge is 0.244 e. The molecule has 1 atom stereocenters. The molecule has 1 amide bonds. The minimum atomic E-state index is -0.551. The molecule has 3 aromatic rings. The molecule has 0 saturated carbocycles. The van der Waals surface area contributed by atoms with Gasteiger partial charge >= 0.3 is 0 Å². The largest absolute Gasteiger partial charge is 0.497 e. The number of hydrogen-bond acceptors (Lipinski definition) is 3. The number of rotatable bonds is 6. The van der Waals surface area contributed by atoms with Crippen LogP contribution in [0.25, 0.3) is 16.8 Å². The summed E-state index contributed by atoms with van der Waals surface area (Å²) in [5.41, 5.74) is 1.37. The molecule has 0 spiro atoms. The molecule has 2 N–H and O–H groups in total. The average Bonchev–Trinajstić information content (AvgIpc) is 2.69. The van der Waals surface area contributed by atoms with E-state index in [4.69, 9.17) is 4.74 Å². The summed E-state index contributed by atoms with van der Waals surface area (Å²) in [6.07, 6.45) is 2.85. The van der Waals surface area contributed by atoms with Crippen LogP contribution in [-0.4, -0.2) is 24.7 Å². The first-order chi connectivity index (χ1) is 13.1. The van der Waals surface area contributed by atoms with Crippen molar-refractivity contribution in [1.29, 1.82) is 0 Å². The molecule has 27 heavy (non-hydrogen) atoms. The molecule has 0 aromatic heterocycles. The Morgan fingerprint density at radius 2 is 1.96 bits per heavy atom. The summed E-state index contributed by atoms with van der Waals surface area (Å²) in [6.45, 7) is -0.241. The van der Waals surface area contributed by atoms with Gasteiger partial charge in [0.15, 0.2) is 0 Å². The number of methoxy groups -OCH3 is 1. The zero-order valence-corrected chi connectivity index (χ0v) is 14.9. The van der Waals surface area contributed by atoms with Crippen LogP contribution in [0.5, 0.6) is 5.75 Å². The van der Waals surface area contributed by atoms with Gasteiger partial charge in [-0.2, -0.15) is 0 Å². The minimum absolute atomic E-state index is 0.241. The van der Waals surface area contributed by atoms with Crippen molar-refractivity contribution in [1.82, 2.24) is 5.32 Å². The molecule has 0 bridgehead atoms. The zero-order chi connectivity index (χ0) is 19.2. The fourth-order valence-corrected chi connectivity index (χ4v) is 2.82. The maximum atomic E-state index is 13.2. The second kappa shape index (κ2) is 8.47. The minimum Gasteiger partial charge on any atom is -0.497 e. The molecule has 4 nitrogen and oxygen atoms in total. The van der Waals surface area contributed by atoms with Crippen molar-refractivity contribution in [2.45, 2.75) is 6.04 Å². The van der Waals surface area contributed by atoms with Crippen LogP contribution < -0.4 is 10.1 Å². The molecule has 0 aliphatic carbocycles. The van der Waals surface area contributed by atoms with Gasteiger partial charge in [0.25, 0.3) is 0 Å². The molecule has 0 radical (unpaired) electrons. The van der Waals surface area contributed by atoms with Crippen molar-refractivity contribution in [3.8, 4) is 5.75 Å². The highest BCUT2D eigenvalue weighted by molar-refractivity contribution is 5.92. The molecule has 0 saturated heterocycles. The van der Waals surface area contributed by atoms with E-state index < -0.39 is 6.04 Å². The molecular formula is C22H20FNO3. The Balaban J connectivity index is 1.76. The molecule has 5 heteroatoms. The first kappa shape index (κ1) is 18.6. The molecule has 0 aliphatic rings. The van der Waals surface area contributed by atoms with Crippen molar-refractivity contribution in [3.05, 3.63) is 83.7 Å². The van der Waals surface area contributed by atoms with Gasteiger partial charge in [-0.1, -0.05) is 30.3 Å². The summed E-state index contributed by atoms with van der Waals surface area (Å²) in [5.74, 6) is 0.00342. The number of carbonyl (C=O) groups excluding carboxylic acids is 1. The number of carbonyl (C=O) groups is 1. The second-order valence-electron chi connectivity index (χ2n) is 6.10. The first-order valence-corrected chi connectivity index (χ1v) is 8.52. The number of ether oxygens (including phenoxy) is 1. The zero-order valence-electron chi connectivity index (χ0n) is 14.9. The van der Waals surface area contributed by atoms with Gasteiger partial charge in [0.2, 0.25) is 5.91 Å². The monoisotopic (exact) mass is 365 g/mol. The number of halogens is 1. The highest BCUT2D eigenvalue weighted by Crippen LogP contribution is 2.24. The van der Waals surface area contributed by atoms with E-state index in [0.717, 1.165) is 22.1 Å². The van der Waals surface area contributed by atoms with E-state index in [9.17, 15) is 14.3 Å². The quantitative estimate of drug-likeness (QED) is 0.653. The van der Waals surface area contributed by atoms with E-state index in [2.05, 4.69) is 5.32 Å². The Labute approximate surface area is 156 Å². The molecule has 138 valence electrons. The summed E-state index contributed by atoms with van der Waals surface area (Å²) >= 11 is 0. The Bertz CT molecular complexity index is 984. The van der Waals surface area contributed by atoms with Crippen molar-refractivity contribution < 1.29 is 19.0 Å². The molecule has 3 aromatic carbocycles. The number of benzene rings is 3. The lowest BCUT2D eigenvalue weighted by Gasteiger charge is -2.16. The van der Waals surface area contributed by atoms with E-state index in [1.54, 1.807) is 19.2 Å². The van der Waals surface area contributed by atoms with Gasteiger partial charge < -0.3 is 15.2 Å². The Morgan fingerprint density at radius 1 is 1.15 bits per heavy atom. The van der Waals surface area contributed by atoms with Crippen molar-refractivity contribution >= 4 is 22.8 Å². The summed E-state index contributed by atoms with van der Waals surface area (Å²) < 4.78 is 18.4. The SMILES string of the molecule is COc1ccc2ccc(C(CO)NC(=O)C=Cc3cccc(F)c3)cc2c1. The Morgan fingerprint density at radius 3 is 2.70 bits per heavy atom. The first-order valence-electron chi connectivity index (χ1n) is 8.52. The van der Waals surface area contributed by atoms with Crippen LogP contribution in [0.3, 0.4) is 0 Å². The van der Waals surface area contributed by atoms with Crippen molar-refractivity contribution in [2.24, 2.45) is 0 Å². The molecule has 0 aliphatic heterocycles. The highest BCUT2D eigenvalue weighted by Gasteiger charge is 2.13. The van der Waals surface area contributed by atoms with Crippen molar-refractivity contribution in [3.63, 3.8) is 0 Å². The van der Waals surface area contributed by atoms with E-state index in [-0.39, 0.29) is 18.3 Å². The maximum Gasteiger partial charge on any atom is 0.244 e. The van der Waals surface area contributed by atoms with Crippen LogP contribution in [-0.2, 0) is 4.79 Å². The van der Waals surface area contributed by atoms with Crippen LogP contribution in [0.1, 0.15) is 17.2 Å². The Hall–Kier alpha value is -3.18. The number of fused-ring (bicyclic) bond motifs is 1. The molecule has 0 fully saturated rings. The van der Waals surface area contributed by atoms with Crippen LogP contribution in [0.4, 0.5) is 4.39 Å². The van der Waals surface area contributed by atoms with Gasteiger partial charge in [-0.15, -0.1) is 0 Å². The van der Waals surface area contributed by atoms with Crippen LogP contribution >= 0.6 is 0 Å². The number of aliphatic hydroxyl groups excluding tert-OH is 1. The van der Waals surface area contributed by atoms with Gasteiger partial charge in [0.1, 0.15) is 11.6 Å². The summed E-state index contributed by atoms with van der Waals surface area (Å²) in [6, 6.07) is 16.8. The van der Waals surface area contributed by atoms with Gasteiger partial charge in [-0.25, -0.2) is 4.39 Å². The van der Waals surface area contributed by atoms with Crippen molar-refractivity contribution in [2.75, 3.05) is 13.7 Å². The number of nitrogens with one attached hydrogen (secondary N) is 1. The predicted octanol–water partition coefficient (Wildman–Crippen LogP) is 3.85. The summed E-state index contributed by atoms with van der Waals surface area (Å²) in [4.78, 5) is 12.2. The van der Waals surface area contributed by atoms with Crippen LogP contribution in [0.2, 0.25) is 0 Å². The lowest BCUT2D eigenvalue weighted by atomic mass is 10.0. The van der Waals surface area contributed by atoms with Gasteiger partial charge in [-0.05, 0) is 58.3 Å². The third-order valence-electron chi connectivity index (χ3n) is 4.25. The summed E-state index contributed by atoms with van der Waals surface area (Å²) in [7, 11) is 1.60. The maximum absolute atomic E-state index is 13.2. The Kier molecular flexibility index (Phi) is 5.84. The third-order valence-corrected chi connectivity index (χ3v) is 4.25. The van der Waals surface area contributed by atoms with E-state index in [0.29, 0.717) is 5.56 Å². The van der Waals surface area contributed by atoms with E-state index in [1.165, 1.54) is 24.3 Å². The second-order valence-corrected chi connectivity index (χ2v) is 6.10. The molecule has 3 rings (SSSR count). The number of hydrogen-bond donors (Lipinski definition) is 2. The van der Waals surface area contributed by atoms with Crippen LogP contribution in [0, 0.1) is 5.82 Å². The van der Waals surface area contributed by atoms with Gasteiger partial charge in [0.05, 0.1) is 19.8 Å². The fourth-order valence-electron chi connectivity index (χ4n) is 2.82. The number of aliphatic hydroxyl groups is 1. The van der Waals surface area contributed by atoms with Gasteiger partial charge in [0, 0.05) is 6.08 Å². The van der Waals surface area contributed by atoms with E-state index in [1.807, 2.05) is 36.4 Å². The third kappa shape index (κ3) is 4.71. The standard InChI is InChI=1S/C22H20FNO3/c1-27-20-9-8-16-6-7-17(12-18(16)13-20)21(14-25)24-22(26)10-5-15-3-2-4-19(23)11-15/h2-13,21,25H,14H2,1H3,(H,24,26). The summed E-state index contributed by atoms with van der Waals surface area (Å²) in [5, 5.41) is 14.5. The van der Waals surface area contributed by atoms with E-state index >= 15 is 0 Å². The lowest BCUT2D eigenvalue weighted by molar-refractivity contribution is -0.117. The molecule has 0 heterocycles. The lowest BCUT2D eigenvalue weighted by Crippen LogP contribution is -2.29. The highest BCUT2D eigenvalue weighted by atomic mass is 19.1. The normalized spacial score (nSPS) is 12.3.